The zero-order valence-electron chi connectivity index (χ0n) is 12.4. The molecule has 0 bridgehead atoms. The van der Waals surface area contributed by atoms with Crippen LogP contribution < -0.4 is 10.5 Å². The first-order valence-electron chi connectivity index (χ1n) is 6.62. The van der Waals surface area contributed by atoms with Crippen molar-refractivity contribution in [1.29, 1.82) is 0 Å². The molecule has 0 aliphatic heterocycles. The normalized spacial score (nSPS) is 13.0. The fourth-order valence-corrected chi connectivity index (χ4v) is 2.03. The molecule has 2 aromatic rings. The van der Waals surface area contributed by atoms with Crippen molar-refractivity contribution in [2.45, 2.75) is 18.5 Å². The molecule has 26 heavy (non-hydrogen) atoms. The first-order chi connectivity index (χ1) is 11.7. The first kappa shape index (κ1) is 19.7. The summed E-state index contributed by atoms with van der Waals surface area (Å²) >= 11 is 0. The minimum atomic E-state index is -5.22. The van der Waals surface area contributed by atoms with E-state index < -0.39 is 52.4 Å². The number of alkyl halides is 9. The molecule has 0 aromatic heterocycles. The highest BCUT2D eigenvalue weighted by molar-refractivity contribution is 5.60. The summed E-state index contributed by atoms with van der Waals surface area (Å²) in [5.41, 5.74) is -1.40. The zero-order valence-corrected chi connectivity index (χ0v) is 12.4. The van der Waals surface area contributed by atoms with E-state index in [1.54, 1.807) is 0 Å². The van der Waals surface area contributed by atoms with Gasteiger partial charge in [0.05, 0.1) is 22.4 Å². The Labute approximate surface area is 140 Å². The van der Waals surface area contributed by atoms with E-state index in [1.807, 2.05) is 0 Å². The Morgan fingerprint density at radius 3 is 1.58 bits per heavy atom. The lowest BCUT2D eigenvalue weighted by atomic mass is 10.1. The van der Waals surface area contributed by atoms with Crippen molar-refractivity contribution < 1.29 is 44.3 Å². The maximum absolute atomic E-state index is 12.9. The van der Waals surface area contributed by atoms with Crippen molar-refractivity contribution in [2.75, 3.05) is 5.73 Å². The highest BCUT2D eigenvalue weighted by atomic mass is 19.4. The molecule has 0 saturated carbocycles. The molecule has 0 saturated heterocycles. The van der Waals surface area contributed by atoms with Gasteiger partial charge in [0.2, 0.25) is 0 Å². The van der Waals surface area contributed by atoms with Gasteiger partial charge in [0.1, 0.15) is 11.5 Å². The zero-order chi connectivity index (χ0) is 19.9. The molecule has 2 rings (SSSR count). The third-order valence-corrected chi connectivity index (χ3v) is 3.16. The van der Waals surface area contributed by atoms with Crippen LogP contribution in [-0.4, -0.2) is 0 Å². The molecular weight excluding hydrogens is 381 g/mol. The maximum atomic E-state index is 12.9. The van der Waals surface area contributed by atoms with Crippen LogP contribution in [0.3, 0.4) is 0 Å². The second-order valence-corrected chi connectivity index (χ2v) is 5.06. The van der Waals surface area contributed by atoms with Gasteiger partial charge >= 0.3 is 18.5 Å². The average Bonchev–Trinajstić information content (AvgIpc) is 2.46. The number of hydrogen-bond donors (Lipinski definition) is 1. The van der Waals surface area contributed by atoms with Gasteiger partial charge in [-0.1, -0.05) is 6.07 Å². The van der Waals surface area contributed by atoms with Crippen molar-refractivity contribution in [2.24, 2.45) is 0 Å². The van der Waals surface area contributed by atoms with E-state index in [1.165, 1.54) is 0 Å². The van der Waals surface area contributed by atoms with Gasteiger partial charge < -0.3 is 10.5 Å². The third kappa shape index (κ3) is 4.33. The minimum absolute atomic E-state index is 0.185. The van der Waals surface area contributed by atoms with E-state index in [2.05, 4.69) is 0 Å². The molecule has 0 atom stereocenters. The first-order valence-corrected chi connectivity index (χ1v) is 6.62. The number of halogens is 9. The van der Waals surface area contributed by atoms with Gasteiger partial charge in [0.15, 0.2) is 0 Å². The Morgan fingerprint density at radius 1 is 0.654 bits per heavy atom. The van der Waals surface area contributed by atoms with Crippen LogP contribution >= 0.6 is 0 Å². The molecule has 0 radical (unpaired) electrons. The summed E-state index contributed by atoms with van der Waals surface area (Å²) in [5, 5.41) is 0. The summed E-state index contributed by atoms with van der Waals surface area (Å²) in [5.74, 6) is -1.55. The van der Waals surface area contributed by atoms with Crippen LogP contribution in [0.15, 0.2) is 36.4 Å². The van der Waals surface area contributed by atoms with Crippen molar-refractivity contribution in [3.8, 4) is 11.5 Å². The van der Waals surface area contributed by atoms with Crippen molar-refractivity contribution in [3.63, 3.8) is 0 Å². The molecular formula is C15H8F9NO. The predicted molar refractivity (Wildman–Crippen MR) is 72.4 cm³/mol. The SMILES string of the molecule is Nc1c(C(F)(F)F)cc(Oc2cccc(C(F)(F)F)c2)cc1C(F)(F)F. The Bertz CT molecular complexity index is 771. The Balaban J connectivity index is 2.54. The monoisotopic (exact) mass is 389 g/mol. The number of ether oxygens (including phenoxy) is 1. The van der Waals surface area contributed by atoms with Gasteiger partial charge in [-0.15, -0.1) is 0 Å². The Hall–Kier alpha value is -2.59. The average molecular weight is 389 g/mol. The number of nitrogens with two attached hydrogens (primary N) is 1. The van der Waals surface area contributed by atoms with Crippen LogP contribution in [0.2, 0.25) is 0 Å². The van der Waals surface area contributed by atoms with Crippen LogP contribution in [0.4, 0.5) is 45.2 Å². The minimum Gasteiger partial charge on any atom is -0.457 e. The molecule has 0 amide bonds. The van der Waals surface area contributed by atoms with E-state index >= 15 is 0 Å². The Morgan fingerprint density at radius 2 is 1.15 bits per heavy atom. The van der Waals surface area contributed by atoms with E-state index in [0.29, 0.717) is 12.1 Å². The molecule has 11 heteroatoms. The van der Waals surface area contributed by atoms with Crippen molar-refractivity contribution >= 4 is 5.69 Å². The highest BCUT2D eigenvalue weighted by Crippen LogP contribution is 2.44. The van der Waals surface area contributed by atoms with Gasteiger partial charge in [-0.2, -0.15) is 39.5 Å². The lowest BCUT2D eigenvalue weighted by Crippen LogP contribution is -2.16. The van der Waals surface area contributed by atoms with E-state index in [9.17, 15) is 39.5 Å². The second-order valence-electron chi connectivity index (χ2n) is 5.06. The van der Waals surface area contributed by atoms with Crippen LogP contribution in [0.1, 0.15) is 16.7 Å². The lowest BCUT2D eigenvalue weighted by Gasteiger charge is -2.18. The summed E-state index contributed by atoms with van der Waals surface area (Å²) in [6, 6.07) is 3.32. The molecule has 0 unspecified atom stereocenters. The van der Waals surface area contributed by atoms with E-state index in [4.69, 9.17) is 10.5 Å². The fourth-order valence-electron chi connectivity index (χ4n) is 2.03. The van der Waals surface area contributed by atoms with Crippen LogP contribution in [0, 0.1) is 0 Å². The molecule has 0 spiro atoms. The van der Waals surface area contributed by atoms with Crippen molar-refractivity contribution in [3.05, 3.63) is 53.1 Å². The quantitative estimate of drug-likeness (QED) is 0.496. The smallest absolute Gasteiger partial charge is 0.418 e. The van der Waals surface area contributed by atoms with E-state index in [-0.39, 0.29) is 12.1 Å². The topological polar surface area (TPSA) is 35.2 Å². The molecule has 2 nitrogen and oxygen atoms in total. The van der Waals surface area contributed by atoms with Gasteiger partial charge in [-0.25, -0.2) is 0 Å². The fraction of sp³-hybridized carbons (Fsp3) is 0.200. The molecule has 0 aliphatic rings. The maximum Gasteiger partial charge on any atom is 0.418 e. The van der Waals surface area contributed by atoms with Crippen molar-refractivity contribution in [1.82, 2.24) is 0 Å². The predicted octanol–water partition coefficient (Wildman–Crippen LogP) is 6.12. The summed E-state index contributed by atoms with van der Waals surface area (Å²) in [6.07, 6.45) is -15.2. The number of anilines is 1. The van der Waals surface area contributed by atoms with E-state index in [0.717, 1.165) is 12.1 Å². The van der Waals surface area contributed by atoms with Gasteiger partial charge in [-0.05, 0) is 30.3 Å². The lowest BCUT2D eigenvalue weighted by molar-refractivity contribution is -0.142. The molecule has 0 heterocycles. The van der Waals surface area contributed by atoms with Gasteiger partial charge in [-0.3, -0.25) is 0 Å². The molecule has 0 aliphatic carbocycles. The largest absolute Gasteiger partial charge is 0.457 e. The van der Waals surface area contributed by atoms with Crippen LogP contribution in [-0.2, 0) is 18.5 Å². The molecule has 2 N–H and O–H groups in total. The standard InChI is InChI=1S/C15H8F9NO/c16-13(17,18)7-2-1-3-8(4-7)26-9-5-10(14(19,20)21)12(25)11(6-9)15(22,23)24/h1-6H,25H2. The molecule has 2 aromatic carbocycles. The third-order valence-electron chi connectivity index (χ3n) is 3.16. The summed E-state index contributed by atoms with van der Waals surface area (Å²) in [7, 11) is 0. The number of benzene rings is 2. The highest BCUT2D eigenvalue weighted by Gasteiger charge is 2.41. The molecule has 142 valence electrons. The number of hydrogen-bond acceptors (Lipinski definition) is 2. The van der Waals surface area contributed by atoms with Crippen LogP contribution in [0.25, 0.3) is 0 Å². The Kier molecular flexibility index (Phi) is 4.77. The van der Waals surface area contributed by atoms with Gasteiger partial charge in [0.25, 0.3) is 0 Å². The summed E-state index contributed by atoms with van der Waals surface area (Å²) in [4.78, 5) is 0. The summed E-state index contributed by atoms with van der Waals surface area (Å²) in [6.45, 7) is 0. The number of rotatable bonds is 2. The second kappa shape index (κ2) is 6.29. The number of nitrogen functional groups attached to an aromatic ring is 1. The van der Waals surface area contributed by atoms with Crippen LogP contribution in [0.5, 0.6) is 11.5 Å². The molecule has 0 fully saturated rings. The summed E-state index contributed by atoms with van der Waals surface area (Å²) < 4.78 is 120. The van der Waals surface area contributed by atoms with Gasteiger partial charge in [0, 0.05) is 0 Å².